The molecular weight excluding hydrogens is 436 g/mol. The molecule has 0 saturated heterocycles. The lowest BCUT2D eigenvalue weighted by Crippen LogP contribution is -2.21. The van der Waals surface area contributed by atoms with Crippen LogP contribution in [0.25, 0.3) is 16.4 Å². The Bertz CT molecular complexity index is 1190. The Balaban J connectivity index is 1.45. The first kappa shape index (κ1) is 20.9. The average Bonchev–Trinajstić information content (AvgIpc) is 3.40. The lowest BCUT2D eigenvalue weighted by atomic mass is 10.2. The molecule has 0 aliphatic rings. The molecular formula is C22H19ClN4O3S. The predicted octanol–water partition coefficient (Wildman–Crippen LogP) is 4.98. The number of carbonyl (C=O) groups is 1. The highest BCUT2D eigenvalue weighted by atomic mass is 35.5. The summed E-state index contributed by atoms with van der Waals surface area (Å²) in [5.41, 5.74) is 2.52. The van der Waals surface area contributed by atoms with Crippen molar-refractivity contribution in [3.63, 3.8) is 0 Å². The van der Waals surface area contributed by atoms with Gasteiger partial charge in [0.1, 0.15) is 17.3 Å². The molecule has 0 aliphatic heterocycles. The van der Waals surface area contributed by atoms with Gasteiger partial charge in [0.2, 0.25) is 5.13 Å². The van der Waals surface area contributed by atoms with Crippen LogP contribution in [-0.2, 0) is 4.79 Å². The number of nitrogens with zero attached hydrogens (tertiary/aromatic N) is 3. The molecule has 4 aromatic rings. The molecule has 0 atom stereocenters. The van der Waals surface area contributed by atoms with E-state index in [0.29, 0.717) is 21.7 Å². The summed E-state index contributed by atoms with van der Waals surface area (Å²) in [5.74, 6) is 1.52. The Hall–Kier alpha value is -3.36. The Morgan fingerprint density at radius 1 is 1.13 bits per heavy atom. The fourth-order valence-corrected chi connectivity index (χ4v) is 3.77. The monoisotopic (exact) mass is 454 g/mol. The number of ether oxygens (including phenoxy) is 2. The van der Waals surface area contributed by atoms with Gasteiger partial charge in [0.15, 0.2) is 6.61 Å². The van der Waals surface area contributed by atoms with Gasteiger partial charge in [0.05, 0.1) is 18.5 Å². The topological polar surface area (TPSA) is 78.3 Å². The van der Waals surface area contributed by atoms with Gasteiger partial charge in [-0.15, -0.1) is 11.3 Å². The van der Waals surface area contributed by atoms with E-state index in [4.69, 9.17) is 21.1 Å². The zero-order valence-corrected chi connectivity index (χ0v) is 18.4. The third kappa shape index (κ3) is 5.04. The number of amides is 1. The van der Waals surface area contributed by atoms with Gasteiger partial charge in [0, 0.05) is 22.0 Å². The maximum Gasteiger partial charge on any atom is 0.263 e. The summed E-state index contributed by atoms with van der Waals surface area (Å²) in [7, 11) is 1.59. The van der Waals surface area contributed by atoms with Crippen LogP contribution in [0.1, 0.15) is 5.69 Å². The molecule has 2 aromatic carbocycles. The van der Waals surface area contributed by atoms with E-state index in [0.717, 1.165) is 22.7 Å². The van der Waals surface area contributed by atoms with E-state index in [2.05, 4.69) is 15.4 Å². The second-order valence-corrected chi connectivity index (χ2v) is 7.89. The van der Waals surface area contributed by atoms with Crippen molar-refractivity contribution >= 4 is 34.7 Å². The number of hydrogen-bond acceptors (Lipinski definition) is 6. The zero-order valence-electron chi connectivity index (χ0n) is 16.8. The van der Waals surface area contributed by atoms with Gasteiger partial charge in [-0.25, -0.2) is 4.98 Å². The normalized spacial score (nSPS) is 10.7. The molecule has 1 N–H and O–H groups in total. The molecule has 4 rings (SSSR count). The molecule has 0 spiro atoms. The molecule has 0 aliphatic carbocycles. The fraction of sp³-hybridized carbons (Fsp3) is 0.136. The minimum absolute atomic E-state index is 0.134. The standard InChI is InChI=1S/C22H19ClN4O3S/c1-14-11-20(25-21(28)12-30-18-9-7-17(29-2)8-10-18)27(26-14)22-24-19(13-31-22)15-3-5-16(23)6-4-15/h3-11,13H,12H2,1-2H3,(H,25,28). The average molecular weight is 455 g/mol. The minimum Gasteiger partial charge on any atom is -0.497 e. The second-order valence-electron chi connectivity index (χ2n) is 6.62. The maximum atomic E-state index is 12.4. The number of thiazole rings is 1. The van der Waals surface area contributed by atoms with Crippen LogP contribution in [0.3, 0.4) is 0 Å². The molecule has 0 unspecified atom stereocenters. The van der Waals surface area contributed by atoms with Crippen molar-refractivity contribution < 1.29 is 14.3 Å². The second kappa shape index (κ2) is 9.20. The lowest BCUT2D eigenvalue weighted by Gasteiger charge is -2.09. The number of carbonyl (C=O) groups excluding carboxylic acids is 1. The summed E-state index contributed by atoms with van der Waals surface area (Å²) in [6, 6.07) is 16.3. The van der Waals surface area contributed by atoms with Gasteiger partial charge in [-0.3, -0.25) is 4.79 Å². The summed E-state index contributed by atoms with van der Waals surface area (Å²) in [4.78, 5) is 17.1. The zero-order chi connectivity index (χ0) is 21.8. The smallest absolute Gasteiger partial charge is 0.263 e. The van der Waals surface area contributed by atoms with E-state index in [1.807, 2.05) is 36.6 Å². The number of aromatic nitrogens is 3. The van der Waals surface area contributed by atoms with Crippen LogP contribution >= 0.6 is 22.9 Å². The minimum atomic E-state index is -0.300. The first-order valence-electron chi connectivity index (χ1n) is 9.37. The quantitative estimate of drug-likeness (QED) is 0.426. The van der Waals surface area contributed by atoms with Gasteiger partial charge >= 0.3 is 0 Å². The lowest BCUT2D eigenvalue weighted by molar-refractivity contribution is -0.118. The van der Waals surface area contributed by atoms with Gasteiger partial charge in [0.25, 0.3) is 5.91 Å². The molecule has 7 nitrogen and oxygen atoms in total. The molecule has 2 heterocycles. The van der Waals surface area contributed by atoms with Gasteiger partial charge in [-0.05, 0) is 43.3 Å². The number of hydrogen-bond donors (Lipinski definition) is 1. The Morgan fingerprint density at radius 2 is 1.84 bits per heavy atom. The third-order valence-electron chi connectivity index (χ3n) is 4.34. The summed E-state index contributed by atoms with van der Waals surface area (Å²) in [6.45, 7) is 1.72. The largest absolute Gasteiger partial charge is 0.497 e. The molecule has 2 aromatic heterocycles. The molecule has 158 valence electrons. The number of rotatable bonds is 7. The van der Waals surface area contributed by atoms with Gasteiger partial charge in [-0.1, -0.05) is 23.7 Å². The van der Waals surface area contributed by atoms with Crippen LogP contribution in [0.4, 0.5) is 5.82 Å². The number of benzene rings is 2. The van der Waals surface area contributed by atoms with Crippen LogP contribution in [0.2, 0.25) is 5.02 Å². The molecule has 0 radical (unpaired) electrons. The van der Waals surface area contributed by atoms with Crippen LogP contribution < -0.4 is 14.8 Å². The molecule has 31 heavy (non-hydrogen) atoms. The number of methoxy groups -OCH3 is 1. The highest BCUT2D eigenvalue weighted by molar-refractivity contribution is 7.12. The fourth-order valence-electron chi connectivity index (χ4n) is 2.85. The molecule has 0 bridgehead atoms. The Labute approximate surface area is 188 Å². The number of nitrogens with one attached hydrogen (secondary N) is 1. The van der Waals surface area contributed by atoms with Crippen molar-refractivity contribution in [2.45, 2.75) is 6.92 Å². The van der Waals surface area contributed by atoms with Crippen molar-refractivity contribution in [1.29, 1.82) is 0 Å². The van der Waals surface area contributed by atoms with E-state index in [-0.39, 0.29) is 12.5 Å². The van der Waals surface area contributed by atoms with Crippen molar-refractivity contribution in [3.05, 3.63) is 70.7 Å². The Kier molecular flexibility index (Phi) is 6.20. The van der Waals surface area contributed by atoms with Crippen LogP contribution in [-0.4, -0.2) is 34.4 Å². The molecule has 0 fully saturated rings. The summed E-state index contributed by atoms with van der Waals surface area (Å²) in [5, 5.41) is 10.6. The van der Waals surface area contributed by atoms with Crippen molar-refractivity contribution in [2.24, 2.45) is 0 Å². The van der Waals surface area contributed by atoms with E-state index in [1.165, 1.54) is 11.3 Å². The first-order chi connectivity index (χ1) is 15.0. The SMILES string of the molecule is COc1ccc(OCC(=O)Nc2cc(C)nn2-c2nc(-c3ccc(Cl)cc3)cs2)cc1. The number of aryl methyl sites for hydroxylation is 1. The number of anilines is 1. The maximum absolute atomic E-state index is 12.4. The van der Waals surface area contributed by atoms with E-state index < -0.39 is 0 Å². The van der Waals surface area contributed by atoms with Crippen molar-refractivity contribution in [3.8, 4) is 27.9 Å². The predicted molar refractivity (Wildman–Crippen MR) is 122 cm³/mol. The molecule has 9 heteroatoms. The van der Waals surface area contributed by atoms with Gasteiger partial charge < -0.3 is 14.8 Å². The van der Waals surface area contributed by atoms with E-state index in [9.17, 15) is 4.79 Å². The highest BCUT2D eigenvalue weighted by Crippen LogP contribution is 2.27. The summed E-state index contributed by atoms with van der Waals surface area (Å²) < 4.78 is 12.3. The third-order valence-corrected chi connectivity index (χ3v) is 5.41. The van der Waals surface area contributed by atoms with Crippen LogP contribution in [0.15, 0.2) is 60.0 Å². The molecule has 0 saturated carbocycles. The van der Waals surface area contributed by atoms with E-state index >= 15 is 0 Å². The highest BCUT2D eigenvalue weighted by Gasteiger charge is 2.15. The van der Waals surface area contributed by atoms with Crippen molar-refractivity contribution in [1.82, 2.24) is 14.8 Å². The Morgan fingerprint density at radius 3 is 2.55 bits per heavy atom. The van der Waals surface area contributed by atoms with Crippen molar-refractivity contribution in [2.75, 3.05) is 19.0 Å². The van der Waals surface area contributed by atoms with Crippen LogP contribution in [0.5, 0.6) is 11.5 Å². The van der Waals surface area contributed by atoms with Gasteiger partial charge in [-0.2, -0.15) is 9.78 Å². The molecule has 1 amide bonds. The number of halogens is 1. The summed E-state index contributed by atoms with van der Waals surface area (Å²) >= 11 is 7.39. The van der Waals surface area contributed by atoms with Crippen LogP contribution in [0, 0.1) is 6.92 Å². The first-order valence-corrected chi connectivity index (χ1v) is 10.6. The van der Waals surface area contributed by atoms with E-state index in [1.54, 1.807) is 42.1 Å². The summed E-state index contributed by atoms with van der Waals surface area (Å²) in [6.07, 6.45) is 0.